The van der Waals surface area contributed by atoms with E-state index in [1.807, 2.05) is 36.9 Å². The van der Waals surface area contributed by atoms with Crippen molar-refractivity contribution in [1.29, 1.82) is 0 Å². The van der Waals surface area contributed by atoms with E-state index < -0.39 is 0 Å². The summed E-state index contributed by atoms with van der Waals surface area (Å²) in [6.07, 6.45) is 2.62. The first-order chi connectivity index (χ1) is 20.0. The standard InChI is InChI=1S/C32H43N5O4/c1-5-36(6-2)32(38)26-10-8-7-9-25(26)31-27-20-30(41-18-15-35-13-16-40-17-14-35)29(39-4)19-24(27)11-12-37(31)21-28-23(3)33-22-34-28/h7-10,19-20,22,31H,5-6,11-18,21H2,1-4H3,(H,33,34). The lowest BCUT2D eigenvalue weighted by Crippen LogP contribution is -2.39. The molecule has 41 heavy (non-hydrogen) atoms. The number of methoxy groups -OCH3 is 1. The van der Waals surface area contributed by atoms with E-state index in [2.05, 4.69) is 44.9 Å². The fraction of sp³-hybridized carbons (Fsp3) is 0.500. The molecule has 1 atom stereocenters. The highest BCUT2D eigenvalue weighted by molar-refractivity contribution is 5.96. The zero-order valence-electron chi connectivity index (χ0n) is 24.8. The molecular formula is C32H43N5O4. The molecule has 1 unspecified atom stereocenters. The number of H-pyrrole nitrogens is 1. The second-order valence-corrected chi connectivity index (χ2v) is 10.7. The number of carbonyl (C=O) groups is 1. The van der Waals surface area contributed by atoms with Crippen LogP contribution in [0.2, 0.25) is 0 Å². The molecule has 0 bridgehead atoms. The van der Waals surface area contributed by atoms with Gasteiger partial charge in [-0.2, -0.15) is 0 Å². The Bertz CT molecular complexity index is 1320. The van der Waals surface area contributed by atoms with Crippen LogP contribution in [0.3, 0.4) is 0 Å². The summed E-state index contributed by atoms with van der Waals surface area (Å²) in [5.74, 6) is 1.53. The Morgan fingerprint density at radius 2 is 1.88 bits per heavy atom. The second kappa shape index (κ2) is 13.5. The van der Waals surface area contributed by atoms with Crippen molar-refractivity contribution >= 4 is 5.91 Å². The van der Waals surface area contributed by atoms with Crippen LogP contribution < -0.4 is 9.47 Å². The van der Waals surface area contributed by atoms with Gasteiger partial charge in [0.15, 0.2) is 11.5 Å². The minimum Gasteiger partial charge on any atom is -0.493 e. The van der Waals surface area contributed by atoms with Gasteiger partial charge in [-0.15, -0.1) is 0 Å². The molecule has 0 saturated carbocycles. The molecule has 1 amide bonds. The molecule has 2 aliphatic heterocycles. The summed E-state index contributed by atoms with van der Waals surface area (Å²) in [6, 6.07) is 12.2. The minimum absolute atomic E-state index is 0.0594. The maximum Gasteiger partial charge on any atom is 0.254 e. The average molecular weight is 562 g/mol. The monoisotopic (exact) mass is 561 g/mol. The van der Waals surface area contributed by atoms with Gasteiger partial charge >= 0.3 is 0 Å². The van der Waals surface area contributed by atoms with Crippen molar-refractivity contribution in [3.8, 4) is 11.5 Å². The lowest BCUT2D eigenvalue weighted by Gasteiger charge is -2.39. The number of aromatic amines is 1. The molecule has 5 rings (SSSR count). The number of hydrogen-bond donors (Lipinski definition) is 1. The lowest BCUT2D eigenvalue weighted by atomic mass is 9.85. The van der Waals surface area contributed by atoms with Gasteiger partial charge in [-0.25, -0.2) is 4.98 Å². The van der Waals surface area contributed by atoms with Crippen LogP contribution in [0, 0.1) is 6.92 Å². The second-order valence-electron chi connectivity index (χ2n) is 10.7. The van der Waals surface area contributed by atoms with E-state index in [0.717, 1.165) is 85.4 Å². The normalized spacial score (nSPS) is 17.7. The van der Waals surface area contributed by atoms with E-state index in [1.165, 1.54) is 5.56 Å². The molecule has 3 aromatic rings. The van der Waals surface area contributed by atoms with Crippen LogP contribution in [0.5, 0.6) is 11.5 Å². The predicted octanol–water partition coefficient (Wildman–Crippen LogP) is 4.07. The Morgan fingerprint density at radius 3 is 2.59 bits per heavy atom. The third kappa shape index (κ3) is 6.42. The Balaban J connectivity index is 1.54. The van der Waals surface area contributed by atoms with Gasteiger partial charge in [0.1, 0.15) is 6.61 Å². The van der Waals surface area contributed by atoms with Crippen LogP contribution in [0.4, 0.5) is 0 Å². The van der Waals surface area contributed by atoms with Crippen LogP contribution in [0.25, 0.3) is 0 Å². The molecule has 0 radical (unpaired) electrons. The number of hydrogen-bond acceptors (Lipinski definition) is 7. The number of rotatable bonds is 11. The van der Waals surface area contributed by atoms with Crippen LogP contribution in [0.1, 0.15) is 58.3 Å². The topological polar surface area (TPSA) is 83.2 Å². The van der Waals surface area contributed by atoms with Crippen LogP contribution in [0.15, 0.2) is 42.7 Å². The predicted molar refractivity (Wildman–Crippen MR) is 159 cm³/mol. The zero-order valence-corrected chi connectivity index (χ0v) is 24.8. The Kier molecular flexibility index (Phi) is 9.59. The summed E-state index contributed by atoms with van der Waals surface area (Å²) < 4.78 is 17.7. The number of carbonyl (C=O) groups excluding carboxylic acids is 1. The number of nitrogens with zero attached hydrogens (tertiary/aromatic N) is 4. The van der Waals surface area contributed by atoms with Gasteiger partial charge in [0.2, 0.25) is 0 Å². The first-order valence-corrected chi connectivity index (χ1v) is 14.8. The van der Waals surface area contributed by atoms with Crippen molar-refractivity contribution in [2.45, 2.75) is 39.8 Å². The molecule has 220 valence electrons. The molecule has 2 aromatic carbocycles. The number of fused-ring (bicyclic) bond motifs is 1. The molecule has 1 aromatic heterocycles. The summed E-state index contributed by atoms with van der Waals surface area (Å²) in [7, 11) is 1.70. The van der Waals surface area contributed by atoms with E-state index in [1.54, 1.807) is 13.4 Å². The highest BCUT2D eigenvalue weighted by atomic mass is 16.5. The molecule has 9 nitrogen and oxygen atoms in total. The van der Waals surface area contributed by atoms with Crippen molar-refractivity contribution in [2.75, 3.05) is 66.2 Å². The maximum absolute atomic E-state index is 13.8. The zero-order chi connectivity index (χ0) is 28.8. The summed E-state index contributed by atoms with van der Waals surface area (Å²) in [6.45, 7) is 13.7. The number of aryl methyl sites for hydroxylation is 1. The van der Waals surface area contributed by atoms with Gasteiger partial charge in [0.25, 0.3) is 5.91 Å². The average Bonchev–Trinajstić information content (AvgIpc) is 3.41. The van der Waals surface area contributed by atoms with Gasteiger partial charge in [-0.05, 0) is 62.1 Å². The van der Waals surface area contributed by atoms with Crippen LogP contribution >= 0.6 is 0 Å². The third-order valence-corrected chi connectivity index (χ3v) is 8.35. The first-order valence-electron chi connectivity index (χ1n) is 14.8. The Hall–Kier alpha value is -3.40. The maximum atomic E-state index is 13.8. The fourth-order valence-corrected chi connectivity index (χ4v) is 5.95. The quantitative estimate of drug-likeness (QED) is 0.378. The first kappa shape index (κ1) is 29.1. The van der Waals surface area contributed by atoms with E-state index in [-0.39, 0.29) is 11.9 Å². The van der Waals surface area contributed by atoms with Crippen molar-refractivity contribution in [2.24, 2.45) is 0 Å². The summed E-state index contributed by atoms with van der Waals surface area (Å²) in [5, 5.41) is 0. The van der Waals surface area contributed by atoms with E-state index in [9.17, 15) is 4.79 Å². The van der Waals surface area contributed by atoms with Crippen LogP contribution in [-0.2, 0) is 17.7 Å². The van der Waals surface area contributed by atoms with Gasteiger partial charge in [0, 0.05) is 57.1 Å². The van der Waals surface area contributed by atoms with Gasteiger partial charge < -0.3 is 24.1 Å². The fourth-order valence-electron chi connectivity index (χ4n) is 5.95. The highest BCUT2D eigenvalue weighted by Crippen LogP contribution is 2.42. The van der Waals surface area contributed by atoms with Crippen molar-refractivity contribution < 1.29 is 19.0 Å². The van der Waals surface area contributed by atoms with Gasteiger partial charge in [-0.1, -0.05) is 18.2 Å². The smallest absolute Gasteiger partial charge is 0.254 e. The molecule has 1 fully saturated rings. The highest BCUT2D eigenvalue weighted by Gasteiger charge is 2.34. The molecule has 0 spiro atoms. The largest absolute Gasteiger partial charge is 0.493 e. The Labute approximate surface area is 243 Å². The van der Waals surface area contributed by atoms with E-state index in [0.29, 0.717) is 26.2 Å². The minimum atomic E-state index is -0.141. The summed E-state index contributed by atoms with van der Waals surface area (Å²) >= 11 is 0. The molecule has 1 N–H and O–H groups in total. The number of morpholine rings is 1. The van der Waals surface area contributed by atoms with Crippen molar-refractivity contribution in [1.82, 2.24) is 24.7 Å². The number of nitrogens with one attached hydrogen (secondary N) is 1. The molecule has 2 aliphatic rings. The van der Waals surface area contributed by atoms with E-state index in [4.69, 9.17) is 14.2 Å². The third-order valence-electron chi connectivity index (χ3n) is 8.35. The molecule has 9 heteroatoms. The molecule has 1 saturated heterocycles. The van der Waals surface area contributed by atoms with Gasteiger partial charge in [0.05, 0.1) is 38.4 Å². The number of aromatic nitrogens is 2. The van der Waals surface area contributed by atoms with E-state index >= 15 is 0 Å². The SMILES string of the molecule is CCN(CC)C(=O)c1ccccc1C1c2cc(OCCN3CCOCC3)c(OC)cc2CCN1Cc1nc[nH]c1C. The molecule has 0 aliphatic carbocycles. The Morgan fingerprint density at radius 1 is 1.10 bits per heavy atom. The number of amides is 1. The summed E-state index contributed by atoms with van der Waals surface area (Å²) in [5.41, 5.74) is 6.18. The molecular weight excluding hydrogens is 518 g/mol. The lowest BCUT2D eigenvalue weighted by molar-refractivity contribution is 0.0321. The number of imidazole rings is 1. The number of benzene rings is 2. The summed E-state index contributed by atoms with van der Waals surface area (Å²) in [4.78, 5) is 28.3. The van der Waals surface area contributed by atoms with Crippen LogP contribution in [-0.4, -0.2) is 96.8 Å². The van der Waals surface area contributed by atoms with Gasteiger partial charge in [-0.3, -0.25) is 14.6 Å². The van der Waals surface area contributed by atoms with Crippen molar-refractivity contribution in [3.05, 3.63) is 76.4 Å². The number of ether oxygens (including phenoxy) is 3. The molecule has 3 heterocycles. The van der Waals surface area contributed by atoms with Crippen molar-refractivity contribution in [3.63, 3.8) is 0 Å².